The van der Waals surface area contributed by atoms with Crippen LogP contribution in [0.15, 0.2) is 30.5 Å². The van der Waals surface area contributed by atoms with Crippen LogP contribution in [0.3, 0.4) is 0 Å². The Labute approximate surface area is 197 Å². The van der Waals surface area contributed by atoms with Gasteiger partial charge in [0.1, 0.15) is 0 Å². The van der Waals surface area contributed by atoms with E-state index in [1.807, 2.05) is 25.3 Å². The molecule has 6 nitrogen and oxygen atoms in total. The number of esters is 1. The first-order valence-electron chi connectivity index (χ1n) is 12.5. The van der Waals surface area contributed by atoms with Crippen molar-refractivity contribution in [3.8, 4) is 5.88 Å². The fourth-order valence-electron chi connectivity index (χ4n) is 5.26. The normalized spacial score (nSPS) is 19.2. The minimum absolute atomic E-state index is 0.00484. The lowest BCUT2D eigenvalue weighted by atomic mass is 9.95. The van der Waals surface area contributed by atoms with E-state index in [0.29, 0.717) is 24.8 Å². The second-order valence-corrected chi connectivity index (χ2v) is 9.32. The van der Waals surface area contributed by atoms with Gasteiger partial charge in [-0.3, -0.25) is 14.7 Å². The van der Waals surface area contributed by atoms with Crippen LogP contribution < -0.4 is 4.74 Å². The van der Waals surface area contributed by atoms with Gasteiger partial charge in [-0.2, -0.15) is 0 Å². The van der Waals surface area contributed by atoms with E-state index in [-0.39, 0.29) is 12.0 Å². The quantitative estimate of drug-likeness (QED) is 0.488. The van der Waals surface area contributed by atoms with E-state index >= 15 is 0 Å². The summed E-state index contributed by atoms with van der Waals surface area (Å²) in [7, 11) is 1.61. The summed E-state index contributed by atoms with van der Waals surface area (Å²) < 4.78 is 10.5. The number of methoxy groups -OCH3 is 1. The van der Waals surface area contributed by atoms with Gasteiger partial charge in [0.2, 0.25) is 5.88 Å². The number of fused-ring (bicyclic) bond motifs is 1. The molecule has 0 amide bonds. The number of carbonyl (C=O) groups is 1. The summed E-state index contributed by atoms with van der Waals surface area (Å²) >= 11 is 0. The minimum Gasteiger partial charge on any atom is -0.481 e. The Kier molecular flexibility index (Phi) is 8.32. The molecule has 0 radical (unpaired) electrons. The molecular formula is C27H37N3O3. The standard InChI is InChI=1S/C27H37N3O3/c1-3-33-27(31)17-25(22-12-14-26(32-2)28-18-22)30-16-15-20(19-30)7-6-9-23-13-11-21-8-4-5-10-24(21)29-23/h11-14,18,20,25H,3-10,15-17,19H2,1-2H3/t20?,25-/m0/s1. The molecule has 178 valence electrons. The molecule has 33 heavy (non-hydrogen) atoms. The SMILES string of the molecule is CCOC(=O)C[C@@H](c1ccc(OC)nc1)N1CCC(CCCc2ccc3c(n2)CCCC3)C1. The van der Waals surface area contributed by atoms with Gasteiger partial charge in [-0.1, -0.05) is 12.1 Å². The third-order valence-electron chi connectivity index (χ3n) is 7.06. The van der Waals surface area contributed by atoms with Crippen molar-refractivity contribution in [2.45, 2.75) is 70.8 Å². The van der Waals surface area contributed by atoms with E-state index in [0.717, 1.165) is 37.9 Å². The van der Waals surface area contributed by atoms with Crippen LogP contribution in [0.5, 0.6) is 5.88 Å². The van der Waals surface area contributed by atoms with Crippen molar-refractivity contribution >= 4 is 5.97 Å². The van der Waals surface area contributed by atoms with Gasteiger partial charge in [0.05, 0.1) is 20.1 Å². The number of nitrogens with zero attached hydrogens (tertiary/aromatic N) is 3. The van der Waals surface area contributed by atoms with E-state index in [2.05, 4.69) is 22.0 Å². The average molecular weight is 452 g/mol. The number of hydrogen-bond donors (Lipinski definition) is 0. The topological polar surface area (TPSA) is 64.6 Å². The molecule has 2 atom stereocenters. The molecule has 0 bridgehead atoms. The van der Waals surface area contributed by atoms with Gasteiger partial charge in [-0.05, 0) is 87.9 Å². The first-order valence-corrected chi connectivity index (χ1v) is 12.5. The van der Waals surface area contributed by atoms with Crippen LogP contribution in [0.2, 0.25) is 0 Å². The Hall–Kier alpha value is -2.47. The monoisotopic (exact) mass is 451 g/mol. The first-order chi connectivity index (χ1) is 16.2. The van der Waals surface area contributed by atoms with Gasteiger partial charge in [-0.25, -0.2) is 4.98 Å². The number of likely N-dealkylation sites (tertiary alicyclic amines) is 1. The van der Waals surface area contributed by atoms with Gasteiger partial charge in [0, 0.05) is 36.2 Å². The highest BCUT2D eigenvalue weighted by molar-refractivity contribution is 5.70. The maximum absolute atomic E-state index is 12.3. The van der Waals surface area contributed by atoms with Crippen molar-refractivity contribution in [2.24, 2.45) is 5.92 Å². The minimum atomic E-state index is -0.153. The molecule has 0 saturated carbocycles. The van der Waals surface area contributed by atoms with Gasteiger partial charge < -0.3 is 9.47 Å². The molecule has 0 aromatic carbocycles. The summed E-state index contributed by atoms with van der Waals surface area (Å²) in [5.74, 6) is 1.09. The Balaban J connectivity index is 1.32. The molecule has 1 aliphatic heterocycles. The van der Waals surface area contributed by atoms with Crippen LogP contribution in [-0.4, -0.2) is 47.6 Å². The van der Waals surface area contributed by atoms with Crippen LogP contribution in [-0.2, 0) is 28.8 Å². The van der Waals surface area contributed by atoms with Gasteiger partial charge in [0.25, 0.3) is 0 Å². The summed E-state index contributed by atoms with van der Waals surface area (Å²) in [5, 5.41) is 0. The molecule has 6 heteroatoms. The number of rotatable bonds is 10. The fraction of sp³-hybridized carbons (Fsp3) is 0.593. The van der Waals surface area contributed by atoms with Crippen LogP contribution in [0.1, 0.15) is 74.0 Å². The number of carbonyl (C=O) groups excluding carboxylic acids is 1. The third kappa shape index (κ3) is 6.32. The summed E-state index contributed by atoms with van der Waals surface area (Å²) in [6.07, 6.45) is 11.7. The Morgan fingerprint density at radius 3 is 2.88 bits per heavy atom. The highest BCUT2D eigenvalue weighted by Gasteiger charge is 2.31. The second kappa shape index (κ2) is 11.6. The summed E-state index contributed by atoms with van der Waals surface area (Å²) in [6, 6.07) is 8.42. The Morgan fingerprint density at radius 1 is 1.21 bits per heavy atom. The number of hydrogen-bond acceptors (Lipinski definition) is 6. The Morgan fingerprint density at radius 2 is 2.09 bits per heavy atom. The largest absolute Gasteiger partial charge is 0.481 e. The summed E-state index contributed by atoms with van der Waals surface area (Å²) in [5.41, 5.74) is 5.08. The third-order valence-corrected chi connectivity index (χ3v) is 7.06. The highest BCUT2D eigenvalue weighted by atomic mass is 16.5. The molecule has 3 heterocycles. The molecule has 1 fully saturated rings. The van der Waals surface area contributed by atoms with E-state index in [1.165, 1.54) is 49.1 Å². The van der Waals surface area contributed by atoms with Crippen molar-refractivity contribution in [1.29, 1.82) is 0 Å². The van der Waals surface area contributed by atoms with Crippen LogP contribution >= 0.6 is 0 Å². The fourth-order valence-corrected chi connectivity index (χ4v) is 5.26. The molecule has 1 unspecified atom stereocenters. The number of aromatic nitrogens is 2. The van der Waals surface area contributed by atoms with Crippen LogP contribution in [0.4, 0.5) is 0 Å². The summed E-state index contributed by atoms with van der Waals surface area (Å²) in [6.45, 7) is 4.27. The predicted octanol–water partition coefficient (Wildman–Crippen LogP) is 4.70. The predicted molar refractivity (Wildman–Crippen MR) is 128 cm³/mol. The van der Waals surface area contributed by atoms with Gasteiger partial charge in [0.15, 0.2) is 0 Å². The zero-order valence-electron chi connectivity index (χ0n) is 20.1. The van der Waals surface area contributed by atoms with Crippen molar-refractivity contribution < 1.29 is 14.3 Å². The zero-order chi connectivity index (χ0) is 23.0. The van der Waals surface area contributed by atoms with Crippen molar-refractivity contribution in [3.05, 3.63) is 53.0 Å². The number of ether oxygens (including phenoxy) is 2. The van der Waals surface area contributed by atoms with E-state index in [9.17, 15) is 4.79 Å². The molecule has 0 N–H and O–H groups in total. The lowest BCUT2D eigenvalue weighted by molar-refractivity contribution is -0.144. The van der Waals surface area contributed by atoms with Crippen molar-refractivity contribution in [2.75, 3.05) is 26.8 Å². The molecule has 0 spiro atoms. The maximum Gasteiger partial charge on any atom is 0.307 e. The van der Waals surface area contributed by atoms with Crippen LogP contribution in [0, 0.1) is 5.92 Å². The van der Waals surface area contributed by atoms with E-state index in [1.54, 1.807) is 7.11 Å². The molecule has 2 aliphatic rings. The number of aryl methyl sites for hydroxylation is 3. The highest BCUT2D eigenvalue weighted by Crippen LogP contribution is 2.33. The maximum atomic E-state index is 12.3. The number of pyridine rings is 2. The van der Waals surface area contributed by atoms with Gasteiger partial charge in [-0.15, -0.1) is 0 Å². The molecule has 1 saturated heterocycles. The summed E-state index contributed by atoms with van der Waals surface area (Å²) in [4.78, 5) is 24.1. The molecule has 4 rings (SSSR count). The molecule has 2 aromatic heterocycles. The second-order valence-electron chi connectivity index (χ2n) is 9.32. The Bertz CT molecular complexity index is 915. The zero-order valence-corrected chi connectivity index (χ0v) is 20.1. The van der Waals surface area contributed by atoms with Gasteiger partial charge >= 0.3 is 5.97 Å². The van der Waals surface area contributed by atoms with E-state index in [4.69, 9.17) is 14.5 Å². The lowest BCUT2D eigenvalue weighted by Gasteiger charge is -2.27. The molecule has 2 aromatic rings. The van der Waals surface area contributed by atoms with E-state index < -0.39 is 0 Å². The van der Waals surface area contributed by atoms with Crippen molar-refractivity contribution in [1.82, 2.24) is 14.9 Å². The lowest BCUT2D eigenvalue weighted by Crippen LogP contribution is -2.29. The average Bonchev–Trinajstić information content (AvgIpc) is 3.31. The van der Waals surface area contributed by atoms with Crippen molar-refractivity contribution in [3.63, 3.8) is 0 Å². The van der Waals surface area contributed by atoms with Crippen LogP contribution in [0.25, 0.3) is 0 Å². The molecular weight excluding hydrogens is 414 g/mol. The smallest absolute Gasteiger partial charge is 0.307 e. The molecule has 1 aliphatic carbocycles. The first kappa shape index (κ1) is 23.7.